The van der Waals surface area contributed by atoms with Crippen LogP contribution in [0.3, 0.4) is 0 Å². The number of benzene rings is 1. The fraction of sp³-hybridized carbons (Fsp3) is 0.300. The fourth-order valence-electron chi connectivity index (χ4n) is 1.03. The maximum absolute atomic E-state index is 11.6. The molecular formula is C10H11Br2NO2. The average Bonchev–Trinajstić information content (AvgIpc) is 2.09. The van der Waals surface area contributed by atoms with E-state index in [-0.39, 0.29) is 6.10 Å². The van der Waals surface area contributed by atoms with Crippen molar-refractivity contribution < 1.29 is 9.53 Å². The molecule has 2 N–H and O–H groups in total. The van der Waals surface area contributed by atoms with E-state index in [1.54, 1.807) is 26.0 Å². The van der Waals surface area contributed by atoms with E-state index in [1.165, 1.54) is 0 Å². The molecule has 0 fully saturated rings. The zero-order valence-corrected chi connectivity index (χ0v) is 11.6. The minimum Gasteiger partial charge on any atom is -0.459 e. The molecule has 1 rings (SSSR count). The van der Waals surface area contributed by atoms with Gasteiger partial charge < -0.3 is 10.5 Å². The molecule has 3 nitrogen and oxygen atoms in total. The van der Waals surface area contributed by atoms with Crippen molar-refractivity contribution in [2.75, 3.05) is 5.73 Å². The molecule has 0 radical (unpaired) electrons. The number of halogens is 2. The minimum absolute atomic E-state index is 0.158. The molecule has 0 saturated heterocycles. The summed E-state index contributed by atoms with van der Waals surface area (Å²) >= 11 is 6.56. The Labute approximate surface area is 105 Å². The molecule has 15 heavy (non-hydrogen) atoms. The van der Waals surface area contributed by atoms with Crippen LogP contribution in [0.2, 0.25) is 0 Å². The third-order valence-corrected chi connectivity index (χ3v) is 2.77. The highest BCUT2D eigenvalue weighted by atomic mass is 79.9. The van der Waals surface area contributed by atoms with Crippen molar-refractivity contribution in [2.45, 2.75) is 20.0 Å². The third-order valence-electron chi connectivity index (χ3n) is 1.66. The standard InChI is InChI=1S/C10H11Br2NO2/c1-5(2)15-10(14)7-3-6(11)4-8(12)9(7)13/h3-5H,13H2,1-2H3. The molecule has 0 saturated carbocycles. The van der Waals surface area contributed by atoms with E-state index >= 15 is 0 Å². The van der Waals surface area contributed by atoms with Crippen LogP contribution in [0.1, 0.15) is 24.2 Å². The van der Waals surface area contributed by atoms with E-state index in [9.17, 15) is 4.79 Å². The summed E-state index contributed by atoms with van der Waals surface area (Å²) in [5.74, 6) is -0.412. The number of nitrogen functional groups attached to an aromatic ring is 1. The number of hydrogen-bond acceptors (Lipinski definition) is 3. The van der Waals surface area contributed by atoms with Crippen molar-refractivity contribution in [3.05, 3.63) is 26.6 Å². The molecular weight excluding hydrogens is 326 g/mol. The number of carbonyl (C=O) groups excluding carboxylic acids is 1. The molecule has 1 aromatic carbocycles. The molecule has 0 aliphatic carbocycles. The summed E-state index contributed by atoms with van der Waals surface area (Å²) in [6.07, 6.45) is -0.158. The Hall–Kier alpha value is -0.550. The van der Waals surface area contributed by atoms with E-state index in [0.717, 1.165) is 4.47 Å². The molecule has 82 valence electrons. The van der Waals surface area contributed by atoms with Crippen molar-refractivity contribution in [1.82, 2.24) is 0 Å². The number of carbonyl (C=O) groups is 1. The molecule has 0 aliphatic rings. The lowest BCUT2D eigenvalue weighted by molar-refractivity contribution is 0.0379. The van der Waals surface area contributed by atoms with Gasteiger partial charge in [0.2, 0.25) is 0 Å². The normalized spacial score (nSPS) is 10.5. The lowest BCUT2D eigenvalue weighted by Crippen LogP contribution is -2.13. The first-order valence-electron chi connectivity index (χ1n) is 4.37. The highest BCUT2D eigenvalue weighted by molar-refractivity contribution is 9.11. The Morgan fingerprint density at radius 2 is 2.00 bits per heavy atom. The first-order valence-corrected chi connectivity index (χ1v) is 5.96. The van der Waals surface area contributed by atoms with Crippen molar-refractivity contribution >= 4 is 43.5 Å². The van der Waals surface area contributed by atoms with Crippen molar-refractivity contribution in [3.63, 3.8) is 0 Å². The van der Waals surface area contributed by atoms with Gasteiger partial charge in [-0.15, -0.1) is 0 Å². The van der Waals surface area contributed by atoms with Crippen LogP contribution < -0.4 is 5.73 Å². The van der Waals surface area contributed by atoms with E-state index in [2.05, 4.69) is 31.9 Å². The lowest BCUT2D eigenvalue weighted by Gasteiger charge is -2.11. The Morgan fingerprint density at radius 3 is 2.53 bits per heavy atom. The maximum Gasteiger partial charge on any atom is 0.340 e. The number of anilines is 1. The van der Waals surface area contributed by atoms with Gasteiger partial charge in [-0.2, -0.15) is 0 Å². The molecule has 0 amide bonds. The number of rotatable bonds is 2. The molecule has 0 unspecified atom stereocenters. The number of esters is 1. The van der Waals surface area contributed by atoms with Gasteiger partial charge >= 0.3 is 5.97 Å². The summed E-state index contributed by atoms with van der Waals surface area (Å²) in [5.41, 5.74) is 6.52. The second-order valence-electron chi connectivity index (χ2n) is 3.30. The van der Waals surface area contributed by atoms with Crippen LogP contribution in [0.15, 0.2) is 21.1 Å². The van der Waals surface area contributed by atoms with Gasteiger partial charge in [-0.05, 0) is 41.9 Å². The molecule has 1 aromatic rings. The van der Waals surface area contributed by atoms with Gasteiger partial charge in [-0.1, -0.05) is 15.9 Å². The van der Waals surface area contributed by atoms with Gasteiger partial charge in [0, 0.05) is 8.95 Å². The van der Waals surface area contributed by atoms with Gasteiger partial charge in [0.25, 0.3) is 0 Å². The van der Waals surface area contributed by atoms with E-state index in [1.807, 2.05) is 0 Å². The predicted octanol–water partition coefficient (Wildman–Crippen LogP) is 3.36. The van der Waals surface area contributed by atoms with Gasteiger partial charge in [0.15, 0.2) is 0 Å². The zero-order valence-electron chi connectivity index (χ0n) is 8.38. The van der Waals surface area contributed by atoms with Crippen molar-refractivity contribution in [3.8, 4) is 0 Å². The second kappa shape index (κ2) is 4.99. The first-order chi connectivity index (χ1) is 6.91. The topological polar surface area (TPSA) is 52.3 Å². The van der Waals surface area contributed by atoms with Crippen LogP contribution in [0.4, 0.5) is 5.69 Å². The molecule has 0 heterocycles. The lowest BCUT2D eigenvalue weighted by atomic mass is 10.2. The fourth-order valence-corrected chi connectivity index (χ4v) is 2.26. The smallest absolute Gasteiger partial charge is 0.340 e. The molecule has 5 heteroatoms. The van der Waals surface area contributed by atoms with E-state index < -0.39 is 5.97 Å². The van der Waals surface area contributed by atoms with E-state index in [4.69, 9.17) is 10.5 Å². The maximum atomic E-state index is 11.6. The van der Waals surface area contributed by atoms with Crippen LogP contribution in [0.25, 0.3) is 0 Å². The van der Waals surface area contributed by atoms with Crippen molar-refractivity contribution in [2.24, 2.45) is 0 Å². The van der Waals surface area contributed by atoms with Crippen molar-refractivity contribution in [1.29, 1.82) is 0 Å². The molecule has 0 atom stereocenters. The Bertz CT molecular complexity index is 391. The highest BCUT2D eigenvalue weighted by Gasteiger charge is 2.15. The Kier molecular flexibility index (Phi) is 4.16. The molecule has 0 aromatic heterocycles. The van der Waals surface area contributed by atoms with Crippen LogP contribution >= 0.6 is 31.9 Å². The Balaban J connectivity index is 3.08. The first kappa shape index (κ1) is 12.5. The third kappa shape index (κ3) is 3.21. The SMILES string of the molecule is CC(C)OC(=O)c1cc(Br)cc(Br)c1N. The van der Waals surface area contributed by atoms with Crippen LogP contribution in [-0.4, -0.2) is 12.1 Å². The van der Waals surface area contributed by atoms with Gasteiger partial charge in [-0.25, -0.2) is 4.79 Å². The summed E-state index contributed by atoms with van der Waals surface area (Å²) < 4.78 is 6.52. The summed E-state index contributed by atoms with van der Waals surface area (Å²) in [5, 5.41) is 0. The van der Waals surface area contributed by atoms with Gasteiger partial charge in [-0.3, -0.25) is 0 Å². The predicted molar refractivity (Wildman–Crippen MR) is 66.8 cm³/mol. The van der Waals surface area contributed by atoms with Crippen LogP contribution in [0, 0.1) is 0 Å². The largest absolute Gasteiger partial charge is 0.459 e. The Morgan fingerprint density at radius 1 is 1.40 bits per heavy atom. The quantitative estimate of drug-likeness (QED) is 0.665. The molecule has 0 bridgehead atoms. The van der Waals surface area contributed by atoms with Gasteiger partial charge in [0.1, 0.15) is 0 Å². The summed E-state index contributed by atoms with van der Waals surface area (Å²) in [6, 6.07) is 3.42. The number of ether oxygens (including phenoxy) is 1. The number of nitrogens with two attached hydrogens (primary N) is 1. The average molecular weight is 337 g/mol. The summed E-state index contributed by atoms with van der Waals surface area (Å²) in [6.45, 7) is 3.59. The summed E-state index contributed by atoms with van der Waals surface area (Å²) in [7, 11) is 0. The zero-order chi connectivity index (χ0) is 11.6. The van der Waals surface area contributed by atoms with E-state index in [0.29, 0.717) is 15.7 Å². The minimum atomic E-state index is -0.412. The number of hydrogen-bond donors (Lipinski definition) is 1. The summed E-state index contributed by atoms with van der Waals surface area (Å²) in [4.78, 5) is 11.6. The van der Waals surface area contributed by atoms with Crippen LogP contribution in [0.5, 0.6) is 0 Å². The highest BCUT2D eigenvalue weighted by Crippen LogP contribution is 2.28. The van der Waals surface area contributed by atoms with Crippen LogP contribution in [-0.2, 0) is 4.74 Å². The second-order valence-corrected chi connectivity index (χ2v) is 5.07. The molecule has 0 spiro atoms. The van der Waals surface area contributed by atoms with Gasteiger partial charge in [0.05, 0.1) is 17.4 Å². The molecule has 0 aliphatic heterocycles. The monoisotopic (exact) mass is 335 g/mol.